The SMILES string of the molecule is Cc1ccc(C(=O)N(C)Cc2nc(-c3ccc(Cl)cc3)no2)c(C)c1. The van der Waals surface area contributed by atoms with Crippen LogP contribution in [0.1, 0.15) is 27.4 Å². The topological polar surface area (TPSA) is 59.2 Å². The summed E-state index contributed by atoms with van der Waals surface area (Å²) >= 11 is 5.88. The molecule has 2 aromatic carbocycles. The van der Waals surface area contributed by atoms with Crippen molar-refractivity contribution in [3.05, 3.63) is 70.1 Å². The quantitative estimate of drug-likeness (QED) is 0.700. The molecule has 0 unspecified atom stereocenters. The van der Waals surface area contributed by atoms with Crippen LogP contribution in [0.15, 0.2) is 47.0 Å². The standard InChI is InChI=1S/C19H18ClN3O2/c1-12-4-9-16(13(2)10-12)19(24)23(3)11-17-21-18(22-25-17)14-5-7-15(20)8-6-14/h4-10H,11H2,1-3H3. The third-order valence-electron chi connectivity index (χ3n) is 3.90. The highest BCUT2D eigenvalue weighted by Gasteiger charge is 2.17. The van der Waals surface area contributed by atoms with E-state index in [0.29, 0.717) is 22.3 Å². The van der Waals surface area contributed by atoms with Crippen molar-refractivity contribution in [2.45, 2.75) is 20.4 Å². The number of benzene rings is 2. The summed E-state index contributed by atoms with van der Waals surface area (Å²) in [6.07, 6.45) is 0. The number of halogens is 1. The Morgan fingerprint density at radius 2 is 1.88 bits per heavy atom. The van der Waals surface area contributed by atoms with Gasteiger partial charge in [0.05, 0.1) is 6.54 Å². The molecular formula is C19H18ClN3O2. The van der Waals surface area contributed by atoms with E-state index in [0.717, 1.165) is 16.7 Å². The van der Waals surface area contributed by atoms with Crippen LogP contribution >= 0.6 is 11.6 Å². The maximum absolute atomic E-state index is 12.6. The highest BCUT2D eigenvalue weighted by Crippen LogP contribution is 2.19. The number of rotatable bonds is 4. The molecule has 0 bridgehead atoms. The Labute approximate surface area is 151 Å². The lowest BCUT2D eigenvalue weighted by molar-refractivity contribution is 0.0769. The van der Waals surface area contributed by atoms with Crippen molar-refractivity contribution in [2.75, 3.05) is 7.05 Å². The zero-order valence-corrected chi connectivity index (χ0v) is 15.0. The summed E-state index contributed by atoms with van der Waals surface area (Å²) in [5.74, 6) is 0.772. The lowest BCUT2D eigenvalue weighted by atomic mass is 10.0. The molecule has 0 fully saturated rings. The predicted octanol–water partition coefficient (Wildman–Crippen LogP) is 4.28. The van der Waals surface area contributed by atoms with E-state index in [9.17, 15) is 4.79 Å². The predicted molar refractivity (Wildman–Crippen MR) is 96.5 cm³/mol. The third kappa shape index (κ3) is 3.88. The van der Waals surface area contributed by atoms with Crippen LogP contribution in [0.3, 0.4) is 0 Å². The largest absolute Gasteiger partial charge is 0.337 e. The summed E-state index contributed by atoms with van der Waals surface area (Å²) in [7, 11) is 1.72. The highest BCUT2D eigenvalue weighted by atomic mass is 35.5. The molecule has 0 atom stereocenters. The van der Waals surface area contributed by atoms with Gasteiger partial charge in [0.1, 0.15) is 0 Å². The fourth-order valence-electron chi connectivity index (χ4n) is 2.57. The first-order valence-electron chi connectivity index (χ1n) is 7.85. The maximum atomic E-state index is 12.6. The van der Waals surface area contributed by atoms with Crippen LogP contribution in [0.5, 0.6) is 0 Å². The molecule has 0 aliphatic carbocycles. The summed E-state index contributed by atoms with van der Waals surface area (Å²) in [5.41, 5.74) is 3.55. The molecule has 6 heteroatoms. The molecule has 0 spiro atoms. The molecule has 0 saturated carbocycles. The van der Waals surface area contributed by atoms with Gasteiger partial charge in [-0.3, -0.25) is 4.79 Å². The van der Waals surface area contributed by atoms with Gasteiger partial charge in [0.25, 0.3) is 5.91 Å². The Morgan fingerprint density at radius 1 is 1.16 bits per heavy atom. The Bertz CT molecular complexity index is 903. The van der Waals surface area contributed by atoms with Gasteiger partial charge in [-0.05, 0) is 49.7 Å². The molecule has 1 aromatic heterocycles. The van der Waals surface area contributed by atoms with E-state index < -0.39 is 0 Å². The summed E-state index contributed by atoms with van der Waals surface area (Å²) in [6, 6.07) is 12.9. The number of aromatic nitrogens is 2. The van der Waals surface area contributed by atoms with Crippen LogP contribution in [-0.4, -0.2) is 28.0 Å². The fourth-order valence-corrected chi connectivity index (χ4v) is 2.70. The molecule has 0 aliphatic heterocycles. The van der Waals surface area contributed by atoms with Gasteiger partial charge in [0, 0.05) is 23.2 Å². The number of carbonyl (C=O) groups is 1. The van der Waals surface area contributed by atoms with Crippen LogP contribution in [0.25, 0.3) is 11.4 Å². The van der Waals surface area contributed by atoms with Gasteiger partial charge in [-0.2, -0.15) is 4.98 Å². The lowest BCUT2D eigenvalue weighted by Gasteiger charge is -2.16. The molecule has 0 aliphatic rings. The molecule has 128 valence electrons. The van der Waals surface area contributed by atoms with Crippen molar-refractivity contribution in [1.29, 1.82) is 0 Å². The van der Waals surface area contributed by atoms with E-state index in [2.05, 4.69) is 10.1 Å². The molecule has 0 saturated heterocycles. The van der Waals surface area contributed by atoms with Crippen molar-refractivity contribution >= 4 is 17.5 Å². The van der Waals surface area contributed by atoms with Gasteiger partial charge in [-0.1, -0.05) is 34.5 Å². The minimum atomic E-state index is -0.0799. The first-order chi connectivity index (χ1) is 11.9. The first kappa shape index (κ1) is 17.2. The van der Waals surface area contributed by atoms with Crippen LogP contribution in [0.4, 0.5) is 0 Å². The second-order valence-electron chi connectivity index (χ2n) is 6.00. The summed E-state index contributed by atoms with van der Waals surface area (Å²) in [5, 5.41) is 4.61. The second-order valence-corrected chi connectivity index (χ2v) is 6.43. The number of aryl methyl sites for hydroxylation is 2. The molecule has 0 N–H and O–H groups in total. The first-order valence-corrected chi connectivity index (χ1v) is 8.23. The van der Waals surface area contributed by atoms with E-state index in [4.69, 9.17) is 16.1 Å². The number of nitrogens with zero attached hydrogens (tertiary/aromatic N) is 3. The van der Waals surface area contributed by atoms with E-state index >= 15 is 0 Å². The number of hydrogen-bond donors (Lipinski definition) is 0. The minimum absolute atomic E-state index is 0.0799. The van der Waals surface area contributed by atoms with Gasteiger partial charge in [0.2, 0.25) is 11.7 Å². The summed E-state index contributed by atoms with van der Waals surface area (Å²) < 4.78 is 5.27. The molecule has 1 amide bonds. The van der Waals surface area contributed by atoms with Gasteiger partial charge >= 0.3 is 0 Å². The number of amides is 1. The van der Waals surface area contributed by atoms with Gasteiger partial charge in [-0.25, -0.2) is 0 Å². The summed E-state index contributed by atoms with van der Waals surface area (Å²) in [6.45, 7) is 4.17. The Hall–Kier alpha value is -2.66. The van der Waals surface area contributed by atoms with Gasteiger partial charge < -0.3 is 9.42 Å². The highest BCUT2D eigenvalue weighted by molar-refractivity contribution is 6.30. The van der Waals surface area contributed by atoms with Crippen LogP contribution < -0.4 is 0 Å². The van der Waals surface area contributed by atoms with Crippen molar-refractivity contribution in [3.8, 4) is 11.4 Å². The average Bonchev–Trinajstić information content (AvgIpc) is 3.03. The molecular weight excluding hydrogens is 338 g/mol. The van der Waals surface area contributed by atoms with Crippen LogP contribution in [0, 0.1) is 13.8 Å². The van der Waals surface area contributed by atoms with Crippen molar-refractivity contribution < 1.29 is 9.32 Å². The monoisotopic (exact) mass is 355 g/mol. The smallest absolute Gasteiger partial charge is 0.254 e. The Kier molecular flexibility index (Phi) is 4.86. The van der Waals surface area contributed by atoms with Crippen molar-refractivity contribution in [1.82, 2.24) is 15.0 Å². The van der Waals surface area contributed by atoms with Crippen LogP contribution in [-0.2, 0) is 6.54 Å². The molecule has 3 aromatic rings. The average molecular weight is 356 g/mol. The Balaban J connectivity index is 1.74. The molecule has 0 radical (unpaired) electrons. The van der Waals surface area contributed by atoms with Gasteiger partial charge in [-0.15, -0.1) is 0 Å². The van der Waals surface area contributed by atoms with E-state index in [-0.39, 0.29) is 12.5 Å². The second kappa shape index (κ2) is 7.07. The molecule has 25 heavy (non-hydrogen) atoms. The number of hydrogen-bond acceptors (Lipinski definition) is 4. The van der Waals surface area contributed by atoms with E-state index in [1.54, 1.807) is 24.1 Å². The number of carbonyl (C=O) groups excluding carboxylic acids is 1. The fraction of sp³-hybridized carbons (Fsp3) is 0.211. The van der Waals surface area contributed by atoms with Crippen molar-refractivity contribution in [2.24, 2.45) is 0 Å². The zero-order chi connectivity index (χ0) is 18.0. The molecule has 3 rings (SSSR count). The van der Waals surface area contributed by atoms with E-state index in [1.165, 1.54) is 0 Å². The van der Waals surface area contributed by atoms with Crippen molar-refractivity contribution in [3.63, 3.8) is 0 Å². The maximum Gasteiger partial charge on any atom is 0.254 e. The lowest BCUT2D eigenvalue weighted by Crippen LogP contribution is -2.27. The zero-order valence-electron chi connectivity index (χ0n) is 14.3. The molecule has 5 nitrogen and oxygen atoms in total. The Morgan fingerprint density at radius 3 is 2.56 bits per heavy atom. The summed E-state index contributed by atoms with van der Waals surface area (Å²) in [4.78, 5) is 18.5. The van der Waals surface area contributed by atoms with Crippen LogP contribution in [0.2, 0.25) is 5.02 Å². The molecule has 1 heterocycles. The normalized spacial score (nSPS) is 10.7. The van der Waals surface area contributed by atoms with E-state index in [1.807, 2.05) is 44.2 Å². The minimum Gasteiger partial charge on any atom is -0.337 e. The van der Waals surface area contributed by atoms with Gasteiger partial charge in [0.15, 0.2) is 0 Å². The third-order valence-corrected chi connectivity index (χ3v) is 4.15.